The zero-order chi connectivity index (χ0) is 7.72. The van der Waals surface area contributed by atoms with Gasteiger partial charge in [-0.1, -0.05) is 20.8 Å². The number of nitrogens with two attached hydrogens (primary N) is 1. The molecule has 1 rings (SSSR count). The molecule has 2 atom stereocenters. The van der Waals surface area contributed by atoms with Crippen LogP contribution in [0.25, 0.3) is 0 Å². The zero-order valence-corrected chi connectivity index (χ0v) is 7.30. The van der Waals surface area contributed by atoms with E-state index < -0.39 is 0 Å². The average Bonchev–Trinajstić information content (AvgIpc) is 2.65. The first-order valence-corrected chi connectivity index (χ1v) is 4.38. The Morgan fingerprint density at radius 2 is 1.70 bits per heavy atom. The largest absolute Gasteiger partial charge is 0.327 e. The van der Waals surface area contributed by atoms with Crippen molar-refractivity contribution in [3.05, 3.63) is 0 Å². The topological polar surface area (TPSA) is 26.0 Å². The smallest absolute Gasteiger partial charge is 0.00903 e. The Labute approximate surface area is 64.0 Å². The molecule has 60 valence electrons. The van der Waals surface area contributed by atoms with Crippen LogP contribution in [0.1, 0.15) is 33.6 Å². The van der Waals surface area contributed by atoms with Crippen molar-refractivity contribution < 1.29 is 0 Å². The first-order chi connectivity index (χ1) is 4.63. The fourth-order valence-corrected chi connectivity index (χ4v) is 1.54. The molecule has 2 N–H and O–H groups in total. The summed E-state index contributed by atoms with van der Waals surface area (Å²) in [6, 6.07) is 0.424. The van der Waals surface area contributed by atoms with E-state index >= 15 is 0 Å². The van der Waals surface area contributed by atoms with Crippen LogP contribution < -0.4 is 5.73 Å². The van der Waals surface area contributed by atoms with Crippen molar-refractivity contribution in [2.45, 2.75) is 39.7 Å². The molecule has 0 aromatic heterocycles. The molecule has 0 spiro atoms. The Balaban J connectivity index is 2.30. The first-order valence-electron chi connectivity index (χ1n) is 4.38. The van der Waals surface area contributed by atoms with Crippen LogP contribution >= 0.6 is 0 Å². The van der Waals surface area contributed by atoms with E-state index in [1.165, 1.54) is 12.8 Å². The standard InChI is InChI=1S/C9H19N/c1-6(2)9(10)7(3)8-4-5-8/h6-9H,4-5,10H2,1-3H3. The Bertz CT molecular complexity index is 99.3. The van der Waals surface area contributed by atoms with E-state index in [1.807, 2.05) is 0 Å². The van der Waals surface area contributed by atoms with Gasteiger partial charge >= 0.3 is 0 Å². The van der Waals surface area contributed by atoms with Crippen LogP contribution in [0.15, 0.2) is 0 Å². The maximum atomic E-state index is 6.00. The second-order valence-electron chi connectivity index (χ2n) is 4.02. The lowest BCUT2D eigenvalue weighted by Gasteiger charge is -2.22. The molecule has 1 heteroatoms. The summed E-state index contributed by atoms with van der Waals surface area (Å²) in [7, 11) is 0. The average molecular weight is 141 g/mol. The van der Waals surface area contributed by atoms with Crippen LogP contribution in [-0.2, 0) is 0 Å². The van der Waals surface area contributed by atoms with Crippen LogP contribution in [0, 0.1) is 17.8 Å². The van der Waals surface area contributed by atoms with Crippen LogP contribution in [0.5, 0.6) is 0 Å². The summed E-state index contributed by atoms with van der Waals surface area (Å²) in [6.45, 7) is 6.72. The van der Waals surface area contributed by atoms with Gasteiger partial charge in [-0.3, -0.25) is 0 Å². The summed E-state index contributed by atoms with van der Waals surface area (Å²) < 4.78 is 0. The van der Waals surface area contributed by atoms with Crippen molar-refractivity contribution >= 4 is 0 Å². The summed E-state index contributed by atoms with van der Waals surface area (Å²) in [6.07, 6.45) is 2.84. The van der Waals surface area contributed by atoms with Gasteiger partial charge in [0.2, 0.25) is 0 Å². The van der Waals surface area contributed by atoms with Crippen LogP contribution in [0.3, 0.4) is 0 Å². The van der Waals surface area contributed by atoms with E-state index in [2.05, 4.69) is 20.8 Å². The molecule has 0 heterocycles. The molecule has 1 saturated carbocycles. The SMILES string of the molecule is CC(C)C(N)C(C)C1CC1. The van der Waals surface area contributed by atoms with Crippen molar-refractivity contribution in [2.75, 3.05) is 0 Å². The molecule has 2 unspecified atom stereocenters. The molecule has 1 aliphatic rings. The second-order valence-corrected chi connectivity index (χ2v) is 4.02. The van der Waals surface area contributed by atoms with E-state index in [0.29, 0.717) is 12.0 Å². The highest BCUT2D eigenvalue weighted by Crippen LogP contribution is 2.38. The molecule has 0 saturated heterocycles. The summed E-state index contributed by atoms with van der Waals surface area (Å²) in [5.74, 6) is 2.35. The molecule has 10 heavy (non-hydrogen) atoms. The predicted octanol–water partition coefficient (Wildman–Crippen LogP) is 2.02. The monoisotopic (exact) mass is 141 g/mol. The zero-order valence-electron chi connectivity index (χ0n) is 7.30. The lowest BCUT2D eigenvalue weighted by atomic mass is 9.89. The molecule has 1 aliphatic carbocycles. The Kier molecular flexibility index (Phi) is 2.35. The third-order valence-electron chi connectivity index (χ3n) is 2.74. The number of hydrogen-bond donors (Lipinski definition) is 1. The minimum Gasteiger partial charge on any atom is -0.327 e. The lowest BCUT2D eigenvalue weighted by Crippen LogP contribution is -2.34. The first kappa shape index (κ1) is 8.06. The molecular formula is C9H19N. The van der Waals surface area contributed by atoms with Gasteiger partial charge in [0.15, 0.2) is 0 Å². The number of rotatable bonds is 3. The molecule has 0 bridgehead atoms. The third-order valence-corrected chi connectivity index (χ3v) is 2.74. The van der Waals surface area contributed by atoms with Crippen molar-refractivity contribution in [1.82, 2.24) is 0 Å². The highest BCUT2D eigenvalue weighted by atomic mass is 14.7. The fourth-order valence-electron chi connectivity index (χ4n) is 1.54. The Morgan fingerprint density at radius 1 is 1.20 bits per heavy atom. The molecule has 0 aromatic rings. The minimum atomic E-state index is 0.424. The summed E-state index contributed by atoms with van der Waals surface area (Å²) in [5.41, 5.74) is 6.00. The molecule has 0 amide bonds. The maximum absolute atomic E-state index is 6.00. The highest BCUT2D eigenvalue weighted by Gasteiger charge is 2.32. The van der Waals surface area contributed by atoms with Gasteiger partial charge in [0.1, 0.15) is 0 Å². The minimum absolute atomic E-state index is 0.424. The predicted molar refractivity (Wildman–Crippen MR) is 44.7 cm³/mol. The van der Waals surface area contributed by atoms with Crippen molar-refractivity contribution in [1.29, 1.82) is 0 Å². The van der Waals surface area contributed by atoms with Crippen molar-refractivity contribution in [2.24, 2.45) is 23.5 Å². The quantitative estimate of drug-likeness (QED) is 0.639. The molecular weight excluding hydrogens is 122 g/mol. The van der Waals surface area contributed by atoms with Crippen LogP contribution in [-0.4, -0.2) is 6.04 Å². The van der Waals surface area contributed by atoms with E-state index in [-0.39, 0.29) is 0 Å². The third kappa shape index (κ3) is 1.72. The maximum Gasteiger partial charge on any atom is 0.00903 e. The van der Waals surface area contributed by atoms with Gasteiger partial charge in [0, 0.05) is 6.04 Å². The number of hydrogen-bond acceptors (Lipinski definition) is 1. The molecule has 1 nitrogen and oxygen atoms in total. The van der Waals surface area contributed by atoms with Gasteiger partial charge in [-0.15, -0.1) is 0 Å². The van der Waals surface area contributed by atoms with Gasteiger partial charge in [0.25, 0.3) is 0 Å². The normalized spacial score (nSPS) is 24.9. The van der Waals surface area contributed by atoms with E-state index in [4.69, 9.17) is 5.73 Å². The van der Waals surface area contributed by atoms with Gasteiger partial charge in [-0.05, 0) is 30.6 Å². The second kappa shape index (κ2) is 2.91. The lowest BCUT2D eigenvalue weighted by molar-refractivity contribution is 0.331. The molecule has 0 radical (unpaired) electrons. The van der Waals surface area contributed by atoms with Crippen molar-refractivity contribution in [3.8, 4) is 0 Å². The molecule has 0 aliphatic heterocycles. The summed E-state index contributed by atoms with van der Waals surface area (Å²) in [5, 5.41) is 0. The molecule has 1 fully saturated rings. The Morgan fingerprint density at radius 3 is 2.00 bits per heavy atom. The van der Waals surface area contributed by atoms with Gasteiger partial charge in [0.05, 0.1) is 0 Å². The van der Waals surface area contributed by atoms with E-state index in [0.717, 1.165) is 11.8 Å². The summed E-state index contributed by atoms with van der Waals surface area (Å²) >= 11 is 0. The van der Waals surface area contributed by atoms with Crippen molar-refractivity contribution in [3.63, 3.8) is 0 Å². The van der Waals surface area contributed by atoms with E-state index in [9.17, 15) is 0 Å². The van der Waals surface area contributed by atoms with Crippen LogP contribution in [0.2, 0.25) is 0 Å². The van der Waals surface area contributed by atoms with E-state index in [1.54, 1.807) is 0 Å². The van der Waals surface area contributed by atoms with Gasteiger partial charge < -0.3 is 5.73 Å². The van der Waals surface area contributed by atoms with Crippen LogP contribution in [0.4, 0.5) is 0 Å². The fraction of sp³-hybridized carbons (Fsp3) is 1.00. The highest BCUT2D eigenvalue weighted by molar-refractivity contribution is 4.85. The van der Waals surface area contributed by atoms with Gasteiger partial charge in [-0.2, -0.15) is 0 Å². The molecule has 0 aromatic carbocycles. The van der Waals surface area contributed by atoms with Gasteiger partial charge in [-0.25, -0.2) is 0 Å². The summed E-state index contributed by atoms with van der Waals surface area (Å²) in [4.78, 5) is 0. The Hall–Kier alpha value is -0.0400.